The van der Waals surface area contributed by atoms with E-state index in [0.29, 0.717) is 30.6 Å². The lowest BCUT2D eigenvalue weighted by Gasteiger charge is -2.16. The van der Waals surface area contributed by atoms with E-state index >= 15 is 0 Å². The van der Waals surface area contributed by atoms with Gasteiger partial charge in [0.2, 0.25) is 0 Å². The maximum Gasteiger partial charge on any atom is 0.343 e. The largest absolute Gasteiger partial charge is 0.507 e. The van der Waals surface area contributed by atoms with Crippen LogP contribution in [0.25, 0.3) is 0 Å². The minimum atomic E-state index is -0.538. The molecular formula is C22H21FO3. The number of aromatic hydroxyl groups is 1. The lowest BCUT2D eigenvalue weighted by Crippen LogP contribution is -2.15. The first-order valence-corrected chi connectivity index (χ1v) is 8.74. The third-order valence-electron chi connectivity index (χ3n) is 4.57. The van der Waals surface area contributed by atoms with Crippen LogP contribution in [0.2, 0.25) is 0 Å². The summed E-state index contributed by atoms with van der Waals surface area (Å²) in [7, 11) is 0. The molecule has 0 saturated heterocycles. The third kappa shape index (κ3) is 3.85. The lowest BCUT2D eigenvalue weighted by atomic mass is 9.89. The first-order valence-electron chi connectivity index (χ1n) is 8.74. The summed E-state index contributed by atoms with van der Waals surface area (Å²) in [6.45, 7) is 1.96. The standard InChI is InChI=1S/C22H21FO3/c1-2-18(15-8-4-3-5-9-15)21-20(24)14-17(26-22(21)25)13-12-16-10-6-7-11-19(16)23/h3-11,14,18,24H,2,12-13H2,1H3. The average Bonchev–Trinajstić information content (AvgIpc) is 2.64. The van der Waals surface area contributed by atoms with E-state index in [2.05, 4.69) is 0 Å². The van der Waals surface area contributed by atoms with Crippen molar-refractivity contribution in [3.05, 3.63) is 99.4 Å². The Labute approximate surface area is 151 Å². The molecule has 0 bridgehead atoms. The van der Waals surface area contributed by atoms with Gasteiger partial charge in [-0.3, -0.25) is 0 Å². The molecule has 0 aliphatic rings. The topological polar surface area (TPSA) is 50.4 Å². The van der Waals surface area contributed by atoms with Crippen LogP contribution >= 0.6 is 0 Å². The molecule has 3 aromatic rings. The van der Waals surface area contributed by atoms with Crippen LogP contribution in [0.4, 0.5) is 4.39 Å². The molecular weight excluding hydrogens is 331 g/mol. The van der Waals surface area contributed by atoms with Crippen LogP contribution in [0.3, 0.4) is 0 Å². The van der Waals surface area contributed by atoms with Gasteiger partial charge in [-0.15, -0.1) is 0 Å². The van der Waals surface area contributed by atoms with Crippen molar-refractivity contribution in [2.24, 2.45) is 0 Å². The summed E-state index contributed by atoms with van der Waals surface area (Å²) < 4.78 is 19.1. The van der Waals surface area contributed by atoms with Crippen LogP contribution in [0.5, 0.6) is 5.75 Å². The highest BCUT2D eigenvalue weighted by atomic mass is 19.1. The Bertz CT molecular complexity index is 932. The van der Waals surface area contributed by atoms with E-state index in [1.54, 1.807) is 18.2 Å². The summed E-state index contributed by atoms with van der Waals surface area (Å²) in [4.78, 5) is 12.5. The fraction of sp³-hybridized carbons (Fsp3) is 0.227. The summed E-state index contributed by atoms with van der Waals surface area (Å²) in [5.74, 6) is -0.234. The van der Waals surface area contributed by atoms with Gasteiger partial charge in [-0.05, 0) is 30.0 Å². The molecule has 0 fully saturated rings. The molecule has 1 heterocycles. The number of rotatable bonds is 6. The number of aryl methyl sites for hydroxylation is 2. The smallest absolute Gasteiger partial charge is 0.343 e. The Hall–Kier alpha value is -2.88. The van der Waals surface area contributed by atoms with Gasteiger partial charge in [0.05, 0.1) is 5.56 Å². The first kappa shape index (κ1) is 17.9. The maximum atomic E-state index is 13.7. The number of hydrogen-bond donors (Lipinski definition) is 1. The van der Waals surface area contributed by atoms with Gasteiger partial charge in [-0.25, -0.2) is 9.18 Å². The molecule has 0 radical (unpaired) electrons. The summed E-state index contributed by atoms with van der Waals surface area (Å²) in [5.41, 5.74) is 1.24. The van der Waals surface area contributed by atoms with Crippen LogP contribution in [-0.2, 0) is 12.8 Å². The molecule has 1 aromatic heterocycles. The summed E-state index contributed by atoms with van der Waals surface area (Å²) >= 11 is 0. The van der Waals surface area contributed by atoms with Gasteiger partial charge in [0.1, 0.15) is 17.3 Å². The van der Waals surface area contributed by atoms with Gasteiger partial charge in [0.15, 0.2) is 0 Å². The van der Waals surface area contributed by atoms with E-state index < -0.39 is 5.63 Å². The molecule has 2 aromatic carbocycles. The Morgan fingerprint density at radius 3 is 2.38 bits per heavy atom. The van der Waals surface area contributed by atoms with Crippen molar-refractivity contribution in [2.75, 3.05) is 0 Å². The van der Waals surface area contributed by atoms with Crippen LogP contribution in [0.1, 0.15) is 41.7 Å². The highest BCUT2D eigenvalue weighted by molar-refractivity contribution is 5.39. The molecule has 0 spiro atoms. The van der Waals surface area contributed by atoms with E-state index in [1.807, 2.05) is 37.3 Å². The summed E-state index contributed by atoms with van der Waals surface area (Å²) in [6, 6.07) is 17.5. The van der Waals surface area contributed by atoms with Crippen molar-refractivity contribution in [2.45, 2.75) is 32.1 Å². The molecule has 3 rings (SSSR count). The minimum Gasteiger partial charge on any atom is -0.507 e. The Kier molecular flexibility index (Phi) is 5.52. The molecule has 1 N–H and O–H groups in total. The molecule has 1 unspecified atom stereocenters. The first-order chi connectivity index (χ1) is 12.6. The molecule has 0 aliphatic carbocycles. The summed E-state index contributed by atoms with van der Waals surface area (Å²) in [5, 5.41) is 10.5. The third-order valence-corrected chi connectivity index (χ3v) is 4.57. The summed E-state index contributed by atoms with van der Waals surface area (Å²) in [6.07, 6.45) is 1.40. The van der Waals surface area contributed by atoms with Gasteiger partial charge in [0, 0.05) is 18.4 Å². The zero-order chi connectivity index (χ0) is 18.5. The van der Waals surface area contributed by atoms with Crippen molar-refractivity contribution in [3.8, 4) is 5.75 Å². The van der Waals surface area contributed by atoms with Crippen molar-refractivity contribution in [3.63, 3.8) is 0 Å². The number of hydrogen-bond acceptors (Lipinski definition) is 3. The van der Waals surface area contributed by atoms with Gasteiger partial charge >= 0.3 is 5.63 Å². The molecule has 26 heavy (non-hydrogen) atoms. The van der Waals surface area contributed by atoms with Crippen LogP contribution < -0.4 is 5.63 Å². The predicted molar refractivity (Wildman–Crippen MR) is 99.0 cm³/mol. The fourth-order valence-corrected chi connectivity index (χ4v) is 3.23. The SMILES string of the molecule is CCC(c1ccccc1)c1c(O)cc(CCc2ccccc2F)oc1=O. The van der Waals surface area contributed by atoms with Gasteiger partial charge < -0.3 is 9.52 Å². The van der Waals surface area contributed by atoms with Crippen LogP contribution in [-0.4, -0.2) is 5.11 Å². The van der Waals surface area contributed by atoms with E-state index in [9.17, 15) is 14.3 Å². The van der Waals surface area contributed by atoms with Crippen molar-refractivity contribution in [1.29, 1.82) is 0 Å². The quantitative estimate of drug-likeness (QED) is 0.692. The van der Waals surface area contributed by atoms with Gasteiger partial charge in [-0.2, -0.15) is 0 Å². The van der Waals surface area contributed by atoms with E-state index in [4.69, 9.17) is 4.42 Å². The normalized spacial score (nSPS) is 12.1. The van der Waals surface area contributed by atoms with Crippen molar-refractivity contribution < 1.29 is 13.9 Å². The van der Waals surface area contributed by atoms with Crippen LogP contribution in [0, 0.1) is 5.82 Å². The zero-order valence-corrected chi connectivity index (χ0v) is 14.6. The molecule has 0 saturated carbocycles. The second-order valence-electron chi connectivity index (χ2n) is 6.26. The fourth-order valence-electron chi connectivity index (χ4n) is 3.23. The Morgan fingerprint density at radius 2 is 1.73 bits per heavy atom. The Balaban J connectivity index is 1.86. The zero-order valence-electron chi connectivity index (χ0n) is 14.6. The second-order valence-corrected chi connectivity index (χ2v) is 6.26. The number of benzene rings is 2. The molecule has 0 amide bonds. The predicted octanol–water partition coefficient (Wildman–Crippen LogP) is 4.81. The van der Waals surface area contributed by atoms with E-state index in [0.717, 1.165) is 5.56 Å². The maximum absolute atomic E-state index is 13.7. The van der Waals surface area contributed by atoms with E-state index in [-0.39, 0.29) is 23.0 Å². The Morgan fingerprint density at radius 1 is 1.04 bits per heavy atom. The monoisotopic (exact) mass is 352 g/mol. The highest BCUT2D eigenvalue weighted by Gasteiger charge is 2.22. The van der Waals surface area contributed by atoms with Crippen molar-refractivity contribution in [1.82, 2.24) is 0 Å². The molecule has 0 aliphatic heterocycles. The molecule has 3 nitrogen and oxygen atoms in total. The lowest BCUT2D eigenvalue weighted by molar-refractivity contribution is 0.406. The van der Waals surface area contributed by atoms with Crippen molar-refractivity contribution >= 4 is 0 Å². The second kappa shape index (κ2) is 8.00. The average molecular weight is 352 g/mol. The van der Waals surface area contributed by atoms with Gasteiger partial charge in [0.25, 0.3) is 0 Å². The number of halogens is 1. The minimum absolute atomic E-state index is 0.0690. The van der Waals surface area contributed by atoms with Gasteiger partial charge in [-0.1, -0.05) is 55.5 Å². The molecule has 1 atom stereocenters. The highest BCUT2D eigenvalue weighted by Crippen LogP contribution is 2.31. The molecule has 4 heteroatoms. The molecule has 134 valence electrons. The van der Waals surface area contributed by atoms with E-state index in [1.165, 1.54) is 12.1 Å². The van der Waals surface area contributed by atoms with Crippen LogP contribution in [0.15, 0.2) is 69.9 Å².